The summed E-state index contributed by atoms with van der Waals surface area (Å²) in [6.45, 7) is 7.04. The molecule has 1 aromatic carbocycles. The monoisotopic (exact) mass is 360 g/mol. The molecule has 1 rings (SSSR count). The lowest BCUT2D eigenvalue weighted by Gasteiger charge is -2.21. The number of aliphatic imine (C=N–C) groups is 1. The lowest BCUT2D eigenvalue weighted by molar-refractivity contribution is -0.153. The third kappa shape index (κ3) is 10.5. The number of ether oxygens (including phenoxy) is 1. The van der Waals surface area contributed by atoms with Gasteiger partial charge in [-0.2, -0.15) is 13.2 Å². The number of hydrogen-bond acceptors (Lipinski definition) is 3. The molecule has 0 heterocycles. The van der Waals surface area contributed by atoms with Crippen molar-refractivity contribution < 1.29 is 17.9 Å². The highest BCUT2D eigenvalue weighted by molar-refractivity contribution is 5.79. The summed E-state index contributed by atoms with van der Waals surface area (Å²) >= 11 is 0. The fraction of sp³-hybridized carbons (Fsp3) is 0.588. The highest BCUT2D eigenvalue weighted by atomic mass is 19.4. The zero-order chi connectivity index (χ0) is 18.9. The zero-order valence-corrected chi connectivity index (χ0v) is 15.1. The quantitative estimate of drug-likeness (QED) is 0.398. The van der Waals surface area contributed by atoms with Crippen molar-refractivity contribution in [2.24, 2.45) is 4.99 Å². The molecule has 0 spiro atoms. The number of hydrogen-bond donors (Lipinski definition) is 3. The van der Waals surface area contributed by atoms with Crippen molar-refractivity contribution in [3.63, 3.8) is 0 Å². The van der Waals surface area contributed by atoms with Gasteiger partial charge >= 0.3 is 6.18 Å². The van der Waals surface area contributed by atoms with E-state index in [2.05, 4.69) is 46.5 Å². The minimum absolute atomic E-state index is 0.0640. The highest BCUT2D eigenvalue weighted by Crippen LogP contribution is 2.18. The van der Waals surface area contributed by atoms with Crippen LogP contribution in [0.25, 0.3) is 0 Å². The predicted octanol–water partition coefficient (Wildman–Crippen LogP) is 2.68. The van der Waals surface area contributed by atoms with Crippen molar-refractivity contribution in [2.75, 3.05) is 26.7 Å². The summed E-state index contributed by atoms with van der Waals surface area (Å²) < 4.78 is 41.0. The maximum Gasteiger partial charge on any atom is 0.422 e. The molecule has 142 valence electrons. The Morgan fingerprint density at radius 3 is 2.20 bits per heavy atom. The number of halogens is 3. The Hall–Kier alpha value is -1.96. The van der Waals surface area contributed by atoms with Crippen molar-refractivity contribution in [1.82, 2.24) is 16.0 Å². The first-order valence-electron chi connectivity index (χ1n) is 8.07. The van der Waals surface area contributed by atoms with Gasteiger partial charge in [-0.05, 0) is 38.5 Å². The molecule has 0 saturated carbocycles. The van der Waals surface area contributed by atoms with Gasteiger partial charge in [0, 0.05) is 32.2 Å². The van der Waals surface area contributed by atoms with Gasteiger partial charge in [-0.25, -0.2) is 0 Å². The fourth-order valence-electron chi connectivity index (χ4n) is 1.89. The maximum absolute atomic E-state index is 12.1. The second-order valence-electron chi connectivity index (χ2n) is 6.58. The summed E-state index contributed by atoms with van der Waals surface area (Å²) in [5.41, 5.74) is 0.976. The van der Waals surface area contributed by atoms with E-state index in [0.29, 0.717) is 12.5 Å². The van der Waals surface area contributed by atoms with Crippen LogP contribution in [0.2, 0.25) is 0 Å². The van der Waals surface area contributed by atoms with Crippen LogP contribution in [0, 0.1) is 0 Å². The number of alkyl halides is 3. The van der Waals surface area contributed by atoms with Crippen LogP contribution >= 0.6 is 0 Å². The number of rotatable bonds is 7. The normalized spacial score (nSPS) is 12.8. The van der Waals surface area contributed by atoms with Gasteiger partial charge in [0.05, 0.1) is 0 Å². The average Bonchev–Trinajstić information content (AvgIpc) is 2.51. The fourth-order valence-corrected chi connectivity index (χ4v) is 1.89. The van der Waals surface area contributed by atoms with Crippen molar-refractivity contribution in [2.45, 2.75) is 39.0 Å². The summed E-state index contributed by atoms with van der Waals surface area (Å²) in [5.74, 6) is 0.852. The van der Waals surface area contributed by atoms with Crippen LogP contribution in [0.15, 0.2) is 29.3 Å². The van der Waals surface area contributed by atoms with Crippen molar-refractivity contribution in [1.29, 1.82) is 0 Å². The first-order chi connectivity index (χ1) is 11.6. The van der Waals surface area contributed by atoms with E-state index in [1.54, 1.807) is 19.2 Å². The van der Waals surface area contributed by atoms with Gasteiger partial charge in [-0.3, -0.25) is 4.99 Å². The molecule has 0 aromatic heterocycles. The second-order valence-corrected chi connectivity index (χ2v) is 6.58. The molecule has 0 fully saturated rings. The molecule has 0 aliphatic carbocycles. The average molecular weight is 360 g/mol. The predicted molar refractivity (Wildman–Crippen MR) is 93.9 cm³/mol. The summed E-state index contributed by atoms with van der Waals surface area (Å²) in [4.78, 5) is 4.13. The Labute approximate surface area is 147 Å². The molecule has 0 saturated heterocycles. The summed E-state index contributed by atoms with van der Waals surface area (Å²) in [5, 5.41) is 9.70. The molecular weight excluding hydrogens is 333 g/mol. The van der Waals surface area contributed by atoms with Gasteiger partial charge in [0.25, 0.3) is 0 Å². The molecule has 0 aliphatic heterocycles. The van der Waals surface area contributed by atoms with Crippen LogP contribution in [0.4, 0.5) is 13.2 Å². The molecule has 1 aromatic rings. The number of guanidine groups is 1. The number of nitrogens with zero attached hydrogens (tertiary/aromatic N) is 1. The van der Waals surface area contributed by atoms with Crippen LogP contribution < -0.4 is 20.7 Å². The van der Waals surface area contributed by atoms with E-state index in [9.17, 15) is 13.2 Å². The standard InChI is InChI=1S/C17H27F3N4O/c1-16(2,3)24-10-9-22-15(21-4)23-11-13-5-7-14(8-6-13)25-12-17(18,19)20/h5-8,24H,9-12H2,1-4H3,(H2,21,22,23). The van der Waals surface area contributed by atoms with Gasteiger partial charge in [-0.15, -0.1) is 0 Å². The third-order valence-electron chi connectivity index (χ3n) is 3.08. The van der Waals surface area contributed by atoms with E-state index >= 15 is 0 Å². The molecular formula is C17H27F3N4O. The Morgan fingerprint density at radius 2 is 1.68 bits per heavy atom. The lowest BCUT2D eigenvalue weighted by Crippen LogP contribution is -2.44. The number of nitrogens with one attached hydrogen (secondary N) is 3. The molecule has 0 aliphatic rings. The molecule has 8 heteroatoms. The molecule has 0 bridgehead atoms. The first kappa shape index (κ1) is 21.1. The van der Waals surface area contributed by atoms with E-state index in [4.69, 9.17) is 0 Å². The topological polar surface area (TPSA) is 57.7 Å². The van der Waals surface area contributed by atoms with Crippen LogP contribution in [0.3, 0.4) is 0 Å². The van der Waals surface area contributed by atoms with Gasteiger partial charge in [0.2, 0.25) is 0 Å². The minimum Gasteiger partial charge on any atom is -0.484 e. The van der Waals surface area contributed by atoms with Gasteiger partial charge < -0.3 is 20.7 Å². The molecule has 0 amide bonds. The maximum atomic E-state index is 12.1. The van der Waals surface area contributed by atoms with E-state index in [1.807, 2.05) is 0 Å². The summed E-state index contributed by atoms with van der Waals surface area (Å²) in [6.07, 6.45) is -4.33. The van der Waals surface area contributed by atoms with Crippen molar-refractivity contribution >= 4 is 5.96 Å². The van der Waals surface area contributed by atoms with Crippen molar-refractivity contribution in [3.8, 4) is 5.75 Å². The van der Waals surface area contributed by atoms with Gasteiger partial charge in [0.15, 0.2) is 12.6 Å². The Balaban J connectivity index is 2.35. The second kappa shape index (κ2) is 9.50. The summed E-state index contributed by atoms with van der Waals surface area (Å²) in [7, 11) is 1.68. The van der Waals surface area contributed by atoms with E-state index in [0.717, 1.165) is 18.7 Å². The van der Waals surface area contributed by atoms with E-state index < -0.39 is 12.8 Å². The van der Waals surface area contributed by atoms with E-state index in [1.165, 1.54) is 12.1 Å². The van der Waals surface area contributed by atoms with Crippen LogP contribution in [-0.4, -0.2) is 44.4 Å². The Morgan fingerprint density at radius 1 is 1.04 bits per heavy atom. The highest BCUT2D eigenvalue weighted by Gasteiger charge is 2.28. The number of benzene rings is 1. The van der Waals surface area contributed by atoms with Crippen LogP contribution in [0.5, 0.6) is 5.75 Å². The van der Waals surface area contributed by atoms with Crippen LogP contribution in [0.1, 0.15) is 26.3 Å². The van der Waals surface area contributed by atoms with Crippen LogP contribution in [-0.2, 0) is 6.54 Å². The Kier molecular flexibility index (Phi) is 8.02. The molecule has 0 atom stereocenters. The smallest absolute Gasteiger partial charge is 0.422 e. The van der Waals surface area contributed by atoms with Gasteiger partial charge in [-0.1, -0.05) is 12.1 Å². The zero-order valence-electron chi connectivity index (χ0n) is 15.1. The molecule has 0 radical (unpaired) electrons. The van der Waals surface area contributed by atoms with E-state index in [-0.39, 0.29) is 11.3 Å². The largest absolute Gasteiger partial charge is 0.484 e. The third-order valence-corrected chi connectivity index (χ3v) is 3.08. The van der Waals surface area contributed by atoms with Crippen molar-refractivity contribution in [3.05, 3.63) is 29.8 Å². The Bertz CT molecular complexity index is 536. The lowest BCUT2D eigenvalue weighted by atomic mass is 10.1. The minimum atomic E-state index is -4.33. The SMILES string of the molecule is CN=C(NCCNC(C)(C)C)NCc1ccc(OCC(F)(F)F)cc1. The first-order valence-corrected chi connectivity index (χ1v) is 8.07. The molecule has 0 unspecified atom stereocenters. The molecule has 3 N–H and O–H groups in total. The molecule has 5 nitrogen and oxygen atoms in total. The van der Waals surface area contributed by atoms with Gasteiger partial charge in [0.1, 0.15) is 5.75 Å². The summed E-state index contributed by atoms with van der Waals surface area (Å²) in [6, 6.07) is 6.47. The molecule has 25 heavy (non-hydrogen) atoms.